The van der Waals surface area contributed by atoms with E-state index in [4.69, 9.17) is 0 Å². The summed E-state index contributed by atoms with van der Waals surface area (Å²) >= 11 is 0. The molecule has 0 N–H and O–H groups in total. The maximum absolute atomic E-state index is 4.68. The van der Waals surface area contributed by atoms with Crippen molar-refractivity contribution in [1.29, 1.82) is 0 Å². The first-order valence-electron chi connectivity index (χ1n) is 11.9. The van der Waals surface area contributed by atoms with Gasteiger partial charge in [0.05, 0.1) is 5.69 Å². The SMILES string of the molecule is Cc1cc(-c2ccn(-c3[c-]cccc3)n2)ccc1-c1ccccc1.[Ir].[c-]1ccccc1-c1ccccn1. The molecule has 4 aromatic carbocycles. The second kappa shape index (κ2) is 12.7. The molecular weight excluding hydrogens is 631 g/mol. The number of hydrogen-bond donors (Lipinski definition) is 0. The zero-order chi connectivity index (χ0) is 24.6. The number of hydrogen-bond acceptors (Lipinski definition) is 2. The standard InChI is InChI=1S/C22H17N2.C11H8N.Ir/c1-17-16-19(12-13-21(17)18-8-4-2-5-9-18)22-14-15-24(23-22)20-10-6-3-7-11-20;1-2-6-10(7-3-1)11-8-4-5-9-12-11;/h2-10,12-16H,1H3;1-6,8-9H;/q2*-1;. The summed E-state index contributed by atoms with van der Waals surface area (Å²) in [5, 5.41) is 4.68. The number of rotatable bonds is 4. The molecule has 0 atom stereocenters. The largest absolute Gasteiger partial charge is 0.305 e. The van der Waals surface area contributed by atoms with E-state index in [0.717, 1.165) is 28.2 Å². The van der Waals surface area contributed by atoms with Gasteiger partial charge in [0.15, 0.2) is 0 Å². The van der Waals surface area contributed by atoms with Crippen LogP contribution in [-0.4, -0.2) is 14.8 Å². The minimum atomic E-state index is 0. The summed E-state index contributed by atoms with van der Waals surface area (Å²) in [6.07, 6.45) is 3.76. The van der Waals surface area contributed by atoms with E-state index in [2.05, 4.69) is 71.6 Å². The van der Waals surface area contributed by atoms with Gasteiger partial charge < -0.3 is 4.98 Å². The van der Waals surface area contributed by atoms with Crippen molar-refractivity contribution < 1.29 is 20.1 Å². The molecule has 0 amide bonds. The number of nitrogens with zero attached hydrogens (tertiary/aromatic N) is 3. The Morgan fingerprint density at radius 1 is 0.649 bits per heavy atom. The van der Waals surface area contributed by atoms with Crippen molar-refractivity contribution in [3.05, 3.63) is 151 Å². The van der Waals surface area contributed by atoms with Crippen LogP contribution in [-0.2, 0) is 20.1 Å². The van der Waals surface area contributed by atoms with Crippen LogP contribution >= 0.6 is 0 Å². The van der Waals surface area contributed by atoms with Gasteiger partial charge in [-0.25, -0.2) is 0 Å². The fourth-order valence-electron chi connectivity index (χ4n) is 3.98. The van der Waals surface area contributed by atoms with Crippen molar-refractivity contribution >= 4 is 0 Å². The summed E-state index contributed by atoms with van der Waals surface area (Å²) in [4.78, 5) is 4.22. The van der Waals surface area contributed by atoms with Crippen LogP contribution in [0.1, 0.15) is 5.56 Å². The molecule has 6 aromatic rings. The third-order valence-electron chi connectivity index (χ3n) is 5.79. The maximum Gasteiger partial charge on any atom is 0.0926 e. The molecule has 0 bridgehead atoms. The Hall–Kier alpha value is -4.11. The van der Waals surface area contributed by atoms with Crippen molar-refractivity contribution in [2.45, 2.75) is 6.92 Å². The van der Waals surface area contributed by atoms with E-state index in [-0.39, 0.29) is 20.1 Å². The maximum atomic E-state index is 4.68. The van der Waals surface area contributed by atoms with Gasteiger partial charge in [-0.15, -0.1) is 42.0 Å². The molecule has 0 spiro atoms. The number of pyridine rings is 1. The molecule has 183 valence electrons. The summed E-state index contributed by atoms with van der Waals surface area (Å²) in [5.41, 5.74) is 8.80. The van der Waals surface area contributed by atoms with Gasteiger partial charge in [-0.05, 0) is 53.2 Å². The van der Waals surface area contributed by atoms with Crippen molar-refractivity contribution in [1.82, 2.24) is 14.8 Å². The molecule has 0 saturated heterocycles. The normalized spacial score (nSPS) is 10.1. The zero-order valence-electron chi connectivity index (χ0n) is 20.4. The monoisotopic (exact) mass is 656 g/mol. The fourth-order valence-corrected chi connectivity index (χ4v) is 3.98. The van der Waals surface area contributed by atoms with E-state index in [1.165, 1.54) is 16.7 Å². The van der Waals surface area contributed by atoms with Gasteiger partial charge in [0.1, 0.15) is 0 Å². The Labute approximate surface area is 231 Å². The molecule has 0 unspecified atom stereocenters. The third-order valence-corrected chi connectivity index (χ3v) is 5.79. The predicted molar refractivity (Wildman–Crippen MR) is 147 cm³/mol. The Balaban J connectivity index is 0.000000208. The molecule has 6 rings (SSSR count). The van der Waals surface area contributed by atoms with E-state index in [1.54, 1.807) is 6.20 Å². The smallest absolute Gasteiger partial charge is 0.0926 e. The van der Waals surface area contributed by atoms with Crippen LogP contribution in [0.3, 0.4) is 0 Å². The second-order valence-corrected chi connectivity index (χ2v) is 8.28. The molecule has 0 aliphatic heterocycles. The molecule has 0 fully saturated rings. The molecular formula is C33H25IrN3-2. The second-order valence-electron chi connectivity index (χ2n) is 8.28. The van der Waals surface area contributed by atoms with E-state index in [0.29, 0.717) is 0 Å². The fraction of sp³-hybridized carbons (Fsp3) is 0.0303. The number of benzene rings is 4. The van der Waals surface area contributed by atoms with Crippen LogP contribution in [0.15, 0.2) is 134 Å². The molecule has 3 nitrogen and oxygen atoms in total. The van der Waals surface area contributed by atoms with E-state index in [9.17, 15) is 0 Å². The topological polar surface area (TPSA) is 30.7 Å². The summed E-state index contributed by atoms with van der Waals surface area (Å²) in [5.74, 6) is 0. The zero-order valence-corrected chi connectivity index (χ0v) is 22.8. The summed E-state index contributed by atoms with van der Waals surface area (Å²) in [7, 11) is 0. The minimum Gasteiger partial charge on any atom is -0.305 e. The van der Waals surface area contributed by atoms with Crippen LogP contribution in [0.4, 0.5) is 0 Å². The molecule has 1 radical (unpaired) electrons. The minimum absolute atomic E-state index is 0. The van der Waals surface area contributed by atoms with Crippen molar-refractivity contribution in [3.8, 4) is 39.3 Å². The summed E-state index contributed by atoms with van der Waals surface area (Å²) in [6, 6.07) is 46.9. The Bertz CT molecular complexity index is 1480. The molecule has 4 heteroatoms. The van der Waals surface area contributed by atoms with Gasteiger partial charge in [0.2, 0.25) is 0 Å². The first-order chi connectivity index (χ1) is 17.8. The average Bonchev–Trinajstić information content (AvgIpc) is 3.46. The van der Waals surface area contributed by atoms with Crippen molar-refractivity contribution in [2.24, 2.45) is 0 Å². The summed E-state index contributed by atoms with van der Waals surface area (Å²) < 4.78 is 1.86. The van der Waals surface area contributed by atoms with Gasteiger partial charge in [-0.2, -0.15) is 29.4 Å². The van der Waals surface area contributed by atoms with Gasteiger partial charge in [-0.1, -0.05) is 54.6 Å². The quantitative estimate of drug-likeness (QED) is 0.181. The number of para-hydroxylation sites is 1. The van der Waals surface area contributed by atoms with Crippen molar-refractivity contribution in [3.63, 3.8) is 0 Å². The Morgan fingerprint density at radius 3 is 2.08 bits per heavy atom. The predicted octanol–water partition coefficient (Wildman–Crippen LogP) is 7.86. The van der Waals surface area contributed by atoms with Crippen LogP contribution in [0.25, 0.3) is 39.3 Å². The van der Waals surface area contributed by atoms with Gasteiger partial charge in [-0.3, -0.25) is 4.68 Å². The number of aryl methyl sites for hydroxylation is 1. The first-order valence-corrected chi connectivity index (χ1v) is 11.9. The summed E-state index contributed by atoms with van der Waals surface area (Å²) in [6.45, 7) is 2.15. The Morgan fingerprint density at radius 2 is 1.41 bits per heavy atom. The van der Waals surface area contributed by atoms with E-state index in [1.807, 2.05) is 89.7 Å². The van der Waals surface area contributed by atoms with E-state index >= 15 is 0 Å². The van der Waals surface area contributed by atoms with Crippen LogP contribution in [0.2, 0.25) is 0 Å². The first kappa shape index (κ1) is 26.0. The van der Waals surface area contributed by atoms with Crippen LogP contribution in [0.5, 0.6) is 0 Å². The molecule has 37 heavy (non-hydrogen) atoms. The molecule has 0 aliphatic rings. The van der Waals surface area contributed by atoms with Crippen LogP contribution < -0.4 is 0 Å². The Kier molecular flexibility index (Phi) is 8.93. The van der Waals surface area contributed by atoms with E-state index < -0.39 is 0 Å². The molecule has 2 heterocycles. The van der Waals surface area contributed by atoms with Gasteiger partial charge >= 0.3 is 0 Å². The third kappa shape index (κ3) is 6.56. The average molecular weight is 656 g/mol. The van der Waals surface area contributed by atoms with Gasteiger partial charge in [0.25, 0.3) is 0 Å². The van der Waals surface area contributed by atoms with Gasteiger partial charge in [0, 0.05) is 38.1 Å². The molecule has 2 aromatic heterocycles. The molecule has 0 saturated carbocycles. The van der Waals surface area contributed by atoms with Crippen LogP contribution in [0, 0.1) is 19.1 Å². The molecule has 0 aliphatic carbocycles. The number of aromatic nitrogens is 3. The van der Waals surface area contributed by atoms with Crippen molar-refractivity contribution in [2.75, 3.05) is 0 Å².